The monoisotopic (exact) mass is 305 g/mol. The van der Waals surface area contributed by atoms with Gasteiger partial charge in [-0.3, -0.25) is 10.1 Å². The van der Waals surface area contributed by atoms with Crippen LogP contribution in [0.2, 0.25) is 0 Å². The molecule has 2 aliphatic rings. The minimum atomic E-state index is -0.431. The van der Waals surface area contributed by atoms with Gasteiger partial charge in [0.1, 0.15) is 6.20 Å². The predicted molar refractivity (Wildman–Crippen MR) is 84.9 cm³/mol. The predicted octanol–water partition coefficient (Wildman–Crippen LogP) is 3.20. The first-order chi connectivity index (χ1) is 10.5. The molecule has 1 aromatic heterocycles. The van der Waals surface area contributed by atoms with Gasteiger partial charge in [-0.15, -0.1) is 0 Å². The van der Waals surface area contributed by atoms with Crippen molar-refractivity contribution >= 4 is 17.5 Å². The molecule has 0 radical (unpaired) electrons. The summed E-state index contributed by atoms with van der Waals surface area (Å²) in [5, 5.41) is 17.6. The van der Waals surface area contributed by atoms with E-state index < -0.39 is 4.92 Å². The first-order valence-electron chi connectivity index (χ1n) is 8.09. The summed E-state index contributed by atoms with van der Waals surface area (Å²) in [5.74, 6) is 2.04. The molecule has 3 unspecified atom stereocenters. The number of rotatable bonds is 5. The van der Waals surface area contributed by atoms with Crippen LogP contribution in [0.25, 0.3) is 0 Å². The summed E-state index contributed by atoms with van der Waals surface area (Å²) < 4.78 is 0. The fraction of sp³-hybridized carbons (Fsp3) is 0.733. The van der Waals surface area contributed by atoms with Crippen LogP contribution < -0.4 is 10.6 Å². The minimum Gasteiger partial charge on any atom is -0.361 e. The van der Waals surface area contributed by atoms with E-state index >= 15 is 0 Å². The van der Waals surface area contributed by atoms with Crippen molar-refractivity contribution in [3.8, 4) is 0 Å². The molecule has 3 atom stereocenters. The Labute approximate surface area is 130 Å². The van der Waals surface area contributed by atoms with Crippen molar-refractivity contribution in [3.63, 3.8) is 0 Å². The van der Waals surface area contributed by atoms with Crippen molar-refractivity contribution in [2.24, 2.45) is 11.8 Å². The van der Waals surface area contributed by atoms with Crippen molar-refractivity contribution in [1.82, 2.24) is 9.97 Å². The van der Waals surface area contributed by atoms with E-state index in [1.807, 2.05) is 0 Å². The maximum Gasteiger partial charge on any atom is 0.329 e. The standard InChI is InChI=1S/C15H23N5O2/c1-9-4-3-5-12(10(9)2)18-15-16-8-13(20(21)22)14(19-15)17-11-6-7-11/h8-12H,3-7H2,1-2H3,(H2,16,17,18,19). The Hall–Kier alpha value is -1.92. The fourth-order valence-corrected chi connectivity index (χ4v) is 3.06. The molecule has 1 heterocycles. The van der Waals surface area contributed by atoms with Crippen molar-refractivity contribution in [1.29, 1.82) is 0 Å². The van der Waals surface area contributed by atoms with Crippen LogP contribution >= 0.6 is 0 Å². The fourth-order valence-electron chi connectivity index (χ4n) is 3.06. The molecule has 2 aliphatic carbocycles. The maximum atomic E-state index is 11.1. The van der Waals surface area contributed by atoms with Crippen LogP contribution in [0.4, 0.5) is 17.5 Å². The third kappa shape index (κ3) is 3.28. The maximum absolute atomic E-state index is 11.1. The first-order valence-corrected chi connectivity index (χ1v) is 8.09. The van der Waals surface area contributed by atoms with Gasteiger partial charge in [0, 0.05) is 12.1 Å². The van der Waals surface area contributed by atoms with Gasteiger partial charge in [-0.05, 0) is 31.1 Å². The lowest BCUT2D eigenvalue weighted by atomic mass is 9.78. The average Bonchev–Trinajstić information content (AvgIpc) is 3.28. The zero-order chi connectivity index (χ0) is 15.7. The summed E-state index contributed by atoms with van der Waals surface area (Å²) in [5.41, 5.74) is -0.0532. The van der Waals surface area contributed by atoms with Crippen molar-refractivity contribution in [2.75, 3.05) is 10.6 Å². The number of aromatic nitrogens is 2. The van der Waals surface area contributed by atoms with Crippen LogP contribution in [0, 0.1) is 22.0 Å². The molecule has 7 heteroatoms. The highest BCUT2D eigenvalue weighted by Gasteiger charge is 2.29. The van der Waals surface area contributed by atoms with Gasteiger partial charge in [-0.2, -0.15) is 4.98 Å². The van der Waals surface area contributed by atoms with Gasteiger partial charge in [0.25, 0.3) is 0 Å². The molecule has 22 heavy (non-hydrogen) atoms. The lowest BCUT2D eigenvalue weighted by Crippen LogP contribution is -2.35. The van der Waals surface area contributed by atoms with Crippen LogP contribution in [0.3, 0.4) is 0 Å². The molecule has 0 spiro atoms. The molecular weight excluding hydrogens is 282 g/mol. The summed E-state index contributed by atoms with van der Waals surface area (Å²) in [7, 11) is 0. The molecule has 7 nitrogen and oxygen atoms in total. The molecule has 120 valence electrons. The number of hydrogen-bond donors (Lipinski definition) is 2. The van der Waals surface area contributed by atoms with E-state index in [-0.39, 0.29) is 5.69 Å². The topological polar surface area (TPSA) is 93.0 Å². The van der Waals surface area contributed by atoms with Crippen molar-refractivity contribution in [3.05, 3.63) is 16.3 Å². The summed E-state index contributed by atoms with van der Waals surface area (Å²) in [6, 6.07) is 0.647. The lowest BCUT2D eigenvalue weighted by molar-refractivity contribution is -0.384. The number of hydrogen-bond acceptors (Lipinski definition) is 6. The number of anilines is 2. The quantitative estimate of drug-likeness (QED) is 0.641. The molecule has 0 amide bonds. The SMILES string of the molecule is CC1CCCC(Nc2ncc([N+](=O)[O-])c(NC3CC3)n2)C1C. The van der Waals surface area contributed by atoms with Crippen LogP contribution in [-0.2, 0) is 0 Å². The van der Waals surface area contributed by atoms with Gasteiger partial charge < -0.3 is 10.6 Å². The molecule has 3 rings (SSSR count). The number of nitrogens with zero attached hydrogens (tertiary/aromatic N) is 3. The first kappa shape index (κ1) is 15.0. The minimum absolute atomic E-state index is 0.0532. The number of nitrogens with one attached hydrogen (secondary N) is 2. The molecule has 0 aliphatic heterocycles. The van der Waals surface area contributed by atoms with Gasteiger partial charge in [-0.25, -0.2) is 4.98 Å². The average molecular weight is 305 g/mol. The number of nitro groups is 1. The Bertz CT molecular complexity index is 561. The summed E-state index contributed by atoms with van der Waals surface area (Å²) in [6.45, 7) is 4.52. The molecule has 2 saturated carbocycles. The van der Waals surface area contributed by atoms with Crippen molar-refractivity contribution in [2.45, 2.75) is 58.0 Å². The Kier molecular flexibility index (Phi) is 4.13. The Balaban J connectivity index is 1.77. The van der Waals surface area contributed by atoms with E-state index in [4.69, 9.17) is 0 Å². The second-order valence-electron chi connectivity index (χ2n) is 6.62. The lowest BCUT2D eigenvalue weighted by Gasteiger charge is -2.34. The highest BCUT2D eigenvalue weighted by molar-refractivity contribution is 5.58. The second-order valence-corrected chi connectivity index (χ2v) is 6.62. The van der Waals surface area contributed by atoms with Gasteiger partial charge in [-0.1, -0.05) is 26.7 Å². The van der Waals surface area contributed by atoms with E-state index in [0.29, 0.717) is 35.7 Å². The van der Waals surface area contributed by atoms with Crippen LogP contribution in [0.15, 0.2) is 6.20 Å². The van der Waals surface area contributed by atoms with Gasteiger partial charge in [0.2, 0.25) is 11.8 Å². The normalized spacial score (nSPS) is 28.2. The molecule has 1 aromatic rings. The molecule has 0 bridgehead atoms. The van der Waals surface area contributed by atoms with E-state index in [1.165, 1.54) is 19.0 Å². The van der Waals surface area contributed by atoms with Crippen LogP contribution in [0.5, 0.6) is 0 Å². The van der Waals surface area contributed by atoms with E-state index in [0.717, 1.165) is 19.3 Å². The summed E-state index contributed by atoms with van der Waals surface area (Å²) in [6.07, 6.45) is 6.94. The van der Waals surface area contributed by atoms with Gasteiger partial charge in [0.05, 0.1) is 4.92 Å². The summed E-state index contributed by atoms with van der Waals surface area (Å²) >= 11 is 0. The zero-order valence-electron chi connectivity index (χ0n) is 13.1. The summed E-state index contributed by atoms with van der Waals surface area (Å²) in [4.78, 5) is 19.1. The molecule has 2 fully saturated rings. The third-order valence-corrected chi connectivity index (χ3v) is 4.91. The van der Waals surface area contributed by atoms with Crippen LogP contribution in [0.1, 0.15) is 46.0 Å². The highest BCUT2D eigenvalue weighted by atomic mass is 16.6. The highest BCUT2D eigenvalue weighted by Crippen LogP contribution is 2.33. The van der Waals surface area contributed by atoms with Gasteiger partial charge in [0.15, 0.2) is 0 Å². The Morgan fingerprint density at radius 1 is 1.23 bits per heavy atom. The van der Waals surface area contributed by atoms with E-state index in [1.54, 1.807) is 0 Å². The van der Waals surface area contributed by atoms with E-state index in [2.05, 4.69) is 34.4 Å². The van der Waals surface area contributed by atoms with Crippen molar-refractivity contribution < 1.29 is 4.92 Å². The zero-order valence-corrected chi connectivity index (χ0v) is 13.1. The molecular formula is C15H23N5O2. The molecule has 0 saturated heterocycles. The molecule has 0 aromatic carbocycles. The second kappa shape index (κ2) is 6.06. The van der Waals surface area contributed by atoms with E-state index in [9.17, 15) is 10.1 Å². The van der Waals surface area contributed by atoms with Gasteiger partial charge >= 0.3 is 5.69 Å². The Morgan fingerprint density at radius 3 is 2.68 bits per heavy atom. The smallest absolute Gasteiger partial charge is 0.329 e. The van der Waals surface area contributed by atoms with Crippen LogP contribution in [-0.4, -0.2) is 27.0 Å². The largest absolute Gasteiger partial charge is 0.361 e. The third-order valence-electron chi connectivity index (χ3n) is 4.91. The molecule has 2 N–H and O–H groups in total. The Morgan fingerprint density at radius 2 is 2.00 bits per heavy atom.